The molecule has 1 aromatic heterocycles. The maximum Gasteiger partial charge on any atom is 0.324 e. The van der Waals surface area contributed by atoms with Gasteiger partial charge in [0.15, 0.2) is 0 Å². The fourth-order valence-electron chi connectivity index (χ4n) is 5.84. The summed E-state index contributed by atoms with van der Waals surface area (Å²) in [5.41, 5.74) is 2.20. The van der Waals surface area contributed by atoms with Crippen LogP contribution in [0.2, 0.25) is 0 Å². The minimum Gasteiger partial charge on any atom is -0.411 e. The molecule has 5 N–H and O–H groups in total. The maximum atomic E-state index is 13.9. The quantitative estimate of drug-likeness (QED) is 0.0526. The van der Waals surface area contributed by atoms with E-state index in [1.165, 1.54) is 34.8 Å². The number of sulfonamides is 1. The summed E-state index contributed by atoms with van der Waals surface area (Å²) in [7, 11) is -4.08. The van der Waals surface area contributed by atoms with Gasteiger partial charge in [0.2, 0.25) is 21.8 Å². The zero-order chi connectivity index (χ0) is 37.3. The van der Waals surface area contributed by atoms with E-state index in [1.54, 1.807) is 6.07 Å². The Morgan fingerprint density at radius 1 is 1.10 bits per heavy atom. The second kappa shape index (κ2) is 17.8. The molecule has 4 rings (SSSR count). The van der Waals surface area contributed by atoms with E-state index in [1.807, 2.05) is 58.0 Å². The molecular weight excluding hydrogens is 697 g/mol. The van der Waals surface area contributed by atoms with Crippen molar-refractivity contribution < 1.29 is 33.2 Å². The Balaban J connectivity index is 1.50. The van der Waals surface area contributed by atoms with E-state index in [9.17, 15) is 33.2 Å². The lowest BCUT2D eigenvalue weighted by Crippen LogP contribution is -2.58. The minimum absolute atomic E-state index is 0.00216. The summed E-state index contributed by atoms with van der Waals surface area (Å²) in [6.45, 7) is 7.13. The normalized spacial score (nSPS) is 16.6. The number of fused-ring (bicyclic) bond motifs is 1. The average molecular weight is 743 g/mol. The van der Waals surface area contributed by atoms with Gasteiger partial charge < -0.3 is 26.3 Å². The number of amides is 2. The van der Waals surface area contributed by atoms with Gasteiger partial charge in [-0.3, -0.25) is 19.7 Å². The van der Waals surface area contributed by atoms with Crippen molar-refractivity contribution in [3.63, 3.8) is 0 Å². The number of aliphatic hydroxyl groups is 1. The molecule has 2 amide bonds. The molecule has 0 saturated carbocycles. The number of nitro groups is 1. The Morgan fingerprint density at radius 3 is 2.39 bits per heavy atom. The average Bonchev–Trinajstić information content (AvgIpc) is 3.43. The smallest absolute Gasteiger partial charge is 0.324 e. The Kier molecular flexibility index (Phi) is 13.8. The van der Waals surface area contributed by atoms with Gasteiger partial charge in [0.05, 0.1) is 34.7 Å². The highest BCUT2D eigenvalue weighted by atomic mass is 32.2. The number of rotatable bonds is 19. The molecule has 0 radical (unpaired) electrons. The highest BCUT2D eigenvalue weighted by Crippen LogP contribution is 2.43. The van der Waals surface area contributed by atoms with Gasteiger partial charge in [-0.05, 0) is 53.5 Å². The van der Waals surface area contributed by atoms with Crippen LogP contribution in [0.15, 0.2) is 70.7 Å². The van der Waals surface area contributed by atoms with Gasteiger partial charge in [-0.1, -0.05) is 93.1 Å². The zero-order valence-electron chi connectivity index (χ0n) is 29.1. The summed E-state index contributed by atoms with van der Waals surface area (Å²) in [5, 5.41) is 43.5. The van der Waals surface area contributed by atoms with Crippen LogP contribution in [0.5, 0.6) is 0 Å². The van der Waals surface area contributed by atoms with Crippen molar-refractivity contribution in [1.82, 2.24) is 20.3 Å². The molecule has 276 valence electrons. The topological polar surface area (TPSA) is 204 Å². The van der Waals surface area contributed by atoms with Crippen molar-refractivity contribution in [1.29, 1.82) is 0 Å². The number of carbonyl (C=O) groups is 2. The van der Waals surface area contributed by atoms with Gasteiger partial charge in [-0.25, -0.2) is 8.42 Å². The van der Waals surface area contributed by atoms with Gasteiger partial charge in [0.1, 0.15) is 6.04 Å². The molecule has 1 aliphatic carbocycles. The van der Waals surface area contributed by atoms with Crippen LogP contribution in [0, 0.1) is 22.0 Å². The Hall–Kier alpha value is -4.22. The number of nitrogens with zero attached hydrogens (tertiary/aromatic N) is 3. The Bertz CT molecular complexity index is 1780. The van der Waals surface area contributed by atoms with E-state index < -0.39 is 44.9 Å². The molecule has 0 bridgehead atoms. The van der Waals surface area contributed by atoms with Crippen molar-refractivity contribution in [2.45, 2.75) is 76.1 Å². The number of aliphatic hydroxyl groups excluding tert-OH is 1. The maximum absolute atomic E-state index is 13.9. The van der Waals surface area contributed by atoms with E-state index in [4.69, 9.17) is 5.21 Å². The number of benzene rings is 2. The number of carbonyl (C=O) groups excluding carboxylic acids is 2. The molecule has 5 atom stereocenters. The molecule has 51 heavy (non-hydrogen) atoms. The largest absolute Gasteiger partial charge is 0.411 e. The van der Waals surface area contributed by atoms with Crippen LogP contribution in [0.3, 0.4) is 0 Å². The standard InChI is InChI=1S/C35H46N6O8S2/c1-5-23(4)33(39-31(43)19-36-29-16-26-17-32(41(46)47)50-34(26)29)35(44)38-28(15-24-9-7-6-8-10-24)30(42)21-40(20-22(2)3)51(48,49)27-13-11-25(12-14-27)18-37-45/h6-14,17-18,22-23,28-30,33,36,42,45H,5,15-16,19-21H2,1-4H3,(H,38,44)(H,39,43)/b37-18+/t23-,28-,29?,30+,33-/m0/s1. The van der Waals surface area contributed by atoms with Crippen molar-refractivity contribution in [2.24, 2.45) is 17.0 Å². The molecule has 0 spiro atoms. The molecule has 2 aromatic carbocycles. The van der Waals surface area contributed by atoms with E-state index in [0.717, 1.165) is 27.3 Å². The summed E-state index contributed by atoms with van der Waals surface area (Å²) >= 11 is 1.08. The lowest BCUT2D eigenvalue weighted by Gasteiger charge is -2.32. The first-order valence-electron chi connectivity index (χ1n) is 16.8. The molecular formula is C35H46N6O8S2. The third kappa shape index (κ3) is 10.4. The fourth-order valence-corrected chi connectivity index (χ4v) is 8.55. The predicted molar refractivity (Wildman–Crippen MR) is 194 cm³/mol. The molecule has 0 aliphatic heterocycles. The molecule has 0 fully saturated rings. The molecule has 3 aromatic rings. The molecule has 1 aliphatic rings. The monoisotopic (exact) mass is 742 g/mol. The number of oxime groups is 1. The highest BCUT2D eigenvalue weighted by Gasteiger charge is 2.35. The van der Waals surface area contributed by atoms with Crippen LogP contribution in [0.25, 0.3) is 0 Å². The van der Waals surface area contributed by atoms with Crippen LogP contribution in [0.4, 0.5) is 5.00 Å². The van der Waals surface area contributed by atoms with Crippen LogP contribution >= 0.6 is 11.3 Å². The molecule has 0 saturated heterocycles. The Labute approximate surface area is 302 Å². The number of nitrogens with one attached hydrogen (secondary N) is 3. The fraction of sp³-hybridized carbons (Fsp3) is 0.457. The lowest BCUT2D eigenvalue weighted by molar-refractivity contribution is -0.380. The first-order valence-corrected chi connectivity index (χ1v) is 19.1. The van der Waals surface area contributed by atoms with E-state index in [0.29, 0.717) is 18.4 Å². The van der Waals surface area contributed by atoms with Gasteiger partial charge in [0.25, 0.3) is 0 Å². The molecule has 1 heterocycles. The third-order valence-corrected chi connectivity index (χ3v) is 11.9. The minimum atomic E-state index is -4.08. The van der Waals surface area contributed by atoms with Crippen LogP contribution in [-0.4, -0.2) is 83.8 Å². The van der Waals surface area contributed by atoms with E-state index in [-0.39, 0.29) is 53.8 Å². The summed E-state index contributed by atoms with van der Waals surface area (Å²) < 4.78 is 28.9. The van der Waals surface area contributed by atoms with Gasteiger partial charge in [-0.2, -0.15) is 4.31 Å². The summed E-state index contributed by atoms with van der Waals surface area (Å²) in [6.07, 6.45) is 1.16. The van der Waals surface area contributed by atoms with E-state index >= 15 is 0 Å². The zero-order valence-corrected chi connectivity index (χ0v) is 30.7. The molecule has 14 nitrogen and oxygen atoms in total. The second-order valence-corrected chi connectivity index (χ2v) is 16.2. The summed E-state index contributed by atoms with van der Waals surface area (Å²) in [4.78, 5) is 38.5. The Morgan fingerprint density at radius 2 is 1.78 bits per heavy atom. The second-order valence-electron chi connectivity index (χ2n) is 13.2. The van der Waals surface area contributed by atoms with Gasteiger partial charge in [-0.15, -0.1) is 0 Å². The van der Waals surface area contributed by atoms with Crippen molar-refractivity contribution in [3.05, 3.63) is 92.3 Å². The summed E-state index contributed by atoms with van der Waals surface area (Å²) in [5.74, 6) is -1.32. The third-order valence-electron chi connectivity index (χ3n) is 8.84. The predicted octanol–water partition coefficient (Wildman–Crippen LogP) is 3.62. The first kappa shape index (κ1) is 39.6. The van der Waals surface area contributed by atoms with Crippen LogP contribution in [-0.2, 0) is 32.5 Å². The lowest BCUT2D eigenvalue weighted by atomic mass is 9.92. The van der Waals surface area contributed by atoms with Crippen molar-refractivity contribution in [3.8, 4) is 0 Å². The molecule has 1 unspecified atom stereocenters. The SMILES string of the molecule is CC[C@H](C)[C@H](NC(=O)CNC1Cc2cc([N+](=O)[O-])sc21)C(=O)N[C@@H](Cc1ccccc1)[C@H](O)CN(CC(C)C)S(=O)(=O)c1ccc(/C=N/O)cc1. The van der Waals surface area contributed by atoms with Crippen LogP contribution < -0.4 is 16.0 Å². The van der Waals surface area contributed by atoms with Crippen LogP contribution in [0.1, 0.15) is 61.7 Å². The van der Waals surface area contributed by atoms with Gasteiger partial charge >= 0.3 is 5.00 Å². The van der Waals surface area contributed by atoms with Gasteiger partial charge in [0, 0.05) is 30.1 Å². The number of thiophene rings is 1. The van der Waals surface area contributed by atoms with Crippen molar-refractivity contribution >= 4 is 44.4 Å². The van der Waals surface area contributed by atoms with Crippen molar-refractivity contribution in [2.75, 3.05) is 19.6 Å². The first-order chi connectivity index (χ1) is 24.2. The summed E-state index contributed by atoms with van der Waals surface area (Å²) in [6, 6.07) is 14.5. The van der Waals surface area contributed by atoms with E-state index in [2.05, 4.69) is 21.1 Å². The number of hydrogen-bond acceptors (Lipinski definition) is 11. The molecule has 16 heteroatoms. The highest BCUT2D eigenvalue weighted by molar-refractivity contribution is 7.89. The number of hydrogen-bond donors (Lipinski definition) is 5.